The minimum absolute atomic E-state index is 0. The van der Waals surface area contributed by atoms with Gasteiger partial charge in [-0.15, -0.1) is 24.8 Å². The van der Waals surface area contributed by atoms with Gasteiger partial charge in [-0.2, -0.15) is 0 Å². The summed E-state index contributed by atoms with van der Waals surface area (Å²) in [6.07, 6.45) is 5.55. The Bertz CT molecular complexity index is 712. The van der Waals surface area contributed by atoms with E-state index >= 15 is 0 Å². The number of carbonyl (C=O) groups is 1. The van der Waals surface area contributed by atoms with E-state index in [-0.39, 0.29) is 36.8 Å². The molecule has 2 atom stereocenters. The number of amides is 1. The second-order valence-corrected chi connectivity index (χ2v) is 7.12. The maximum atomic E-state index is 13.0. The first-order valence-electron chi connectivity index (χ1n) is 9.10. The highest BCUT2D eigenvalue weighted by atomic mass is 35.5. The van der Waals surface area contributed by atoms with Crippen molar-refractivity contribution in [3.63, 3.8) is 0 Å². The van der Waals surface area contributed by atoms with Gasteiger partial charge in [-0.3, -0.25) is 9.78 Å². The fourth-order valence-electron chi connectivity index (χ4n) is 3.62. The molecule has 148 valence electrons. The first-order chi connectivity index (χ1) is 12.1. The van der Waals surface area contributed by atoms with Crippen LogP contribution in [0, 0.1) is 12.8 Å². The standard InChI is InChI=1S/C21H27N3O.2ClH/c1-16-6-4-7-17(12-16)14-24(15-19-9-2-3-11-23-19)21(25)13-18-8-5-10-20(18)22;;/h2-4,6-7,9,11-12,18,20H,5,8,10,13-15,22H2,1H3;2*1H/t18-,20+;;/m0../s1. The number of benzene rings is 1. The van der Waals surface area contributed by atoms with E-state index < -0.39 is 0 Å². The molecule has 0 bridgehead atoms. The molecule has 27 heavy (non-hydrogen) atoms. The van der Waals surface area contributed by atoms with E-state index in [9.17, 15) is 4.79 Å². The lowest BCUT2D eigenvalue weighted by Crippen LogP contribution is -2.35. The molecule has 4 nitrogen and oxygen atoms in total. The third-order valence-corrected chi connectivity index (χ3v) is 5.04. The van der Waals surface area contributed by atoms with Gasteiger partial charge >= 0.3 is 0 Å². The maximum absolute atomic E-state index is 13.0. The van der Waals surface area contributed by atoms with Crippen LogP contribution in [0.4, 0.5) is 0 Å². The predicted octanol–water partition coefficient (Wildman–Crippen LogP) is 4.28. The molecule has 2 aromatic rings. The fourth-order valence-corrected chi connectivity index (χ4v) is 3.62. The number of rotatable bonds is 6. The zero-order valence-corrected chi connectivity index (χ0v) is 17.3. The van der Waals surface area contributed by atoms with E-state index in [0.717, 1.165) is 30.5 Å². The van der Waals surface area contributed by atoms with E-state index in [1.165, 1.54) is 5.56 Å². The highest BCUT2D eigenvalue weighted by molar-refractivity contribution is 5.85. The molecule has 1 aromatic carbocycles. The van der Waals surface area contributed by atoms with Crippen molar-refractivity contribution in [3.8, 4) is 0 Å². The lowest BCUT2D eigenvalue weighted by atomic mass is 9.99. The number of hydrogen-bond donors (Lipinski definition) is 1. The largest absolute Gasteiger partial charge is 0.332 e. The van der Waals surface area contributed by atoms with Crippen LogP contribution < -0.4 is 5.73 Å². The Hall–Kier alpha value is -1.62. The van der Waals surface area contributed by atoms with E-state index in [4.69, 9.17) is 5.73 Å². The molecular weight excluding hydrogens is 381 g/mol. The van der Waals surface area contributed by atoms with Crippen molar-refractivity contribution in [2.75, 3.05) is 0 Å². The molecule has 0 radical (unpaired) electrons. The number of nitrogens with two attached hydrogens (primary N) is 1. The van der Waals surface area contributed by atoms with Gasteiger partial charge in [0.2, 0.25) is 5.91 Å². The van der Waals surface area contributed by atoms with Crippen LogP contribution in [0.3, 0.4) is 0 Å². The van der Waals surface area contributed by atoms with Crippen LogP contribution in [-0.2, 0) is 17.9 Å². The van der Waals surface area contributed by atoms with E-state index in [1.807, 2.05) is 29.2 Å². The summed E-state index contributed by atoms with van der Waals surface area (Å²) >= 11 is 0. The second kappa shape index (κ2) is 11.3. The lowest BCUT2D eigenvalue weighted by molar-refractivity contribution is -0.133. The zero-order valence-electron chi connectivity index (χ0n) is 15.7. The van der Waals surface area contributed by atoms with E-state index in [0.29, 0.717) is 25.4 Å². The quantitative estimate of drug-likeness (QED) is 0.773. The maximum Gasteiger partial charge on any atom is 0.223 e. The summed E-state index contributed by atoms with van der Waals surface area (Å²) in [4.78, 5) is 19.3. The van der Waals surface area contributed by atoms with Crippen LogP contribution in [0.25, 0.3) is 0 Å². The minimum Gasteiger partial charge on any atom is -0.332 e. The van der Waals surface area contributed by atoms with Crippen LogP contribution >= 0.6 is 24.8 Å². The SMILES string of the molecule is Cc1cccc(CN(Cc2ccccn2)C(=O)C[C@@H]2CCC[C@H]2N)c1.Cl.Cl. The van der Waals surface area contributed by atoms with Gasteiger partial charge < -0.3 is 10.6 Å². The molecule has 1 aliphatic rings. The summed E-state index contributed by atoms with van der Waals surface area (Å²) in [5.74, 6) is 0.491. The summed E-state index contributed by atoms with van der Waals surface area (Å²) in [6.45, 7) is 3.22. The summed E-state index contributed by atoms with van der Waals surface area (Å²) in [6, 6.07) is 14.3. The Labute approximate surface area is 174 Å². The van der Waals surface area contributed by atoms with Gasteiger partial charge in [-0.1, -0.05) is 42.3 Å². The van der Waals surface area contributed by atoms with Crippen molar-refractivity contribution < 1.29 is 4.79 Å². The number of carbonyl (C=O) groups excluding carboxylic acids is 1. The molecule has 0 spiro atoms. The molecule has 1 saturated carbocycles. The molecule has 1 fully saturated rings. The van der Waals surface area contributed by atoms with Gasteiger partial charge in [0.15, 0.2) is 0 Å². The molecule has 2 N–H and O–H groups in total. The topological polar surface area (TPSA) is 59.2 Å². The molecular formula is C21H29Cl2N3O. The van der Waals surface area contributed by atoms with Crippen molar-refractivity contribution in [1.82, 2.24) is 9.88 Å². The average molecular weight is 410 g/mol. The monoisotopic (exact) mass is 409 g/mol. The summed E-state index contributed by atoms with van der Waals surface area (Å²) < 4.78 is 0. The number of halogens is 2. The smallest absolute Gasteiger partial charge is 0.223 e. The molecule has 0 saturated heterocycles. The highest BCUT2D eigenvalue weighted by Crippen LogP contribution is 2.28. The van der Waals surface area contributed by atoms with Crippen molar-refractivity contribution in [2.45, 2.75) is 51.7 Å². The van der Waals surface area contributed by atoms with E-state index in [2.05, 4.69) is 30.1 Å². The van der Waals surface area contributed by atoms with Gasteiger partial charge in [0.25, 0.3) is 0 Å². The average Bonchev–Trinajstić information content (AvgIpc) is 3.00. The number of aryl methyl sites for hydroxylation is 1. The molecule has 0 unspecified atom stereocenters. The molecule has 1 amide bonds. The van der Waals surface area contributed by atoms with Gasteiger partial charge in [-0.25, -0.2) is 0 Å². The highest BCUT2D eigenvalue weighted by Gasteiger charge is 2.28. The van der Waals surface area contributed by atoms with Crippen LogP contribution in [0.15, 0.2) is 48.7 Å². The van der Waals surface area contributed by atoms with Gasteiger partial charge in [0.05, 0.1) is 12.2 Å². The first kappa shape index (κ1) is 23.4. The summed E-state index contributed by atoms with van der Waals surface area (Å²) in [5.41, 5.74) is 9.45. The molecule has 6 heteroatoms. The summed E-state index contributed by atoms with van der Waals surface area (Å²) in [5, 5.41) is 0. The number of nitrogens with zero attached hydrogens (tertiary/aromatic N) is 2. The third-order valence-electron chi connectivity index (χ3n) is 5.04. The number of pyridine rings is 1. The Balaban J connectivity index is 0.00000182. The van der Waals surface area contributed by atoms with Crippen molar-refractivity contribution in [3.05, 3.63) is 65.5 Å². The molecule has 1 heterocycles. The first-order valence-corrected chi connectivity index (χ1v) is 9.10. The Morgan fingerprint density at radius 2 is 1.96 bits per heavy atom. The number of hydrogen-bond acceptors (Lipinski definition) is 3. The molecule has 3 rings (SSSR count). The molecule has 1 aromatic heterocycles. The van der Waals surface area contributed by atoms with Crippen molar-refractivity contribution >= 4 is 30.7 Å². The Morgan fingerprint density at radius 3 is 2.59 bits per heavy atom. The van der Waals surface area contributed by atoms with Crippen LogP contribution in [0.5, 0.6) is 0 Å². The van der Waals surface area contributed by atoms with Crippen LogP contribution in [0.1, 0.15) is 42.5 Å². The predicted molar refractivity (Wildman–Crippen MR) is 114 cm³/mol. The lowest BCUT2D eigenvalue weighted by Gasteiger charge is -2.25. The third kappa shape index (κ3) is 6.80. The van der Waals surface area contributed by atoms with Crippen molar-refractivity contribution in [1.29, 1.82) is 0 Å². The Morgan fingerprint density at radius 1 is 1.15 bits per heavy atom. The van der Waals surface area contributed by atoms with Crippen LogP contribution in [0.2, 0.25) is 0 Å². The van der Waals surface area contributed by atoms with E-state index in [1.54, 1.807) is 6.20 Å². The Kier molecular flexibility index (Phi) is 9.78. The normalized spacial score (nSPS) is 18.3. The fraction of sp³-hybridized carbons (Fsp3) is 0.429. The number of aromatic nitrogens is 1. The van der Waals surface area contributed by atoms with Crippen molar-refractivity contribution in [2.24, 2.45) is 11.7 Å². The van der Waals surface area contributed by atoms with Gasteiger partial charge in [-0.05, 0) is 43.4 Å². The summed E-state index contributed by atoms with van der Waals surface area (Å²) in [7, 11) is 0. The van der Waals surface area contributed by atoms with Gasteiger partial charge in [0, 0.05) is 25.2 Å². The van der Waals surface area contributed by atoms with Crippen LogP contribution in [-0.4, -0.2) is 21.8 Å². The van der Waals surface area contributed by atoms with Gasteiger partial charge in [0.1, 0.15) is 0 Å². The molecule has 0 aliphatic heterocycles. The second-order valence-electron chi connectivity index (χ2n) is 7.12. The molecule has 1 aliphatic carbocycles. The minimum atomic E-state index is 0. The zero-order chi connectivity index (χ0) is 17.6.